The fourth-order valence-corrected chi connectivity index (χ4v) is 4.50. The van der Waals surface area contributed by atoms with Crippen LogP contribution in [0.15, 0.2) is 97.4 Å². The molecule has 11 nitrogen and oxygen atoms in total. The van der Waals surface area contributed by atoms with E-state index < -0.39 is 23.9 Å². The van der Waals surface area contributed by atoms with E-state index in [-0.39, 0.29) is 17.6 Å². The largest absolute Gasteiger partial charge is 0.478 e. The van der Waals surface area contributed by atoms with Crippen molar-refractivity contribution in [3.63, 3.8) is 0 Å². The number of carboxylic acid groups (broad SMARTS) is 4. The number of carboxylic acids is 4. The van der Waals surface area contributed by atoms with E-state index in [4.69, 9.17) is 20.4 Å². The SMILES string of the molecule is Fc1ccc(C(CCCN2CCN(c3ccncc3)CC2)c2ccc(F)cc2)cc1.O=C(O)/C=C/C(=O)O.O=C(O)/C=C/C(=O)O. The quantitative estimate of drug-likeness (QED) is 0.218. The Kier molecular flexibility index (Phi) is 15.8. The molecule has 4 rings (SSSR count). The number of aliphatic carboxylic acids is 4. The van der Waals surface area contributed by atoms with Gasteiger partial charge in [-0.1, -0.05) is 24.3 Å². The van der Waals surface area contributed by atoms with Crippen LogP contribution in [0.5, 0.6) is 0 Å². The van der Waals surface area contributed by atoms with Crippen molar-refractivity contribution in [2.45, 2.75) is 18.8 Å². The molecular formula is C33H35F2N3O8. The van der Waals surface area contributed by atoms with Gasteiger partial charge in [0, 0.05) is 74.5 Å². The third kappa shape index (κ3) is 14.8. The second-order valence-electron chi connectivity index (χ2n) is 9.85. The molecule has 1 aliphatic rings. The van der Waals surface area contributed by atoms with E-state index in [0.717, 1.165) is 56.7 Å². The van der Waals surface area contributed by atoms with Crippen LogP contribution in [0.2, 0.25) is 0 Å². The molecule has 1 aromatic heterocycles. The molecule has 4 N–H and O–H groups in total. The molecule has 0 unspecified atom stereocenters. The van der Waals surface area contributed by atoms with Gasteiger partial charge in [0.05, 0.1) is 0 Å². The molecular weight excluding hydrogens is 604 g/mol. The second kappa shape index (κ2) is 19.8. The average molecular weight is 640 g/mol. The highest BCUT2D eigenvalue weighted by Crippen LogP contribution is 2.30. The molecule has 0 bridgehead atoms. The number of anilines is 1. The first-order chi connectivity index (χ1) is 21.9. The summed E-state index contributed by atoms with van der Waals surface area (Å²) >= 11 is 0. The Labute approximate surface area is 264 Å². The van der Waals surface area contributed by atoms with Gasteiger partial charge in [0.15, 0.2) is 0 Å². The van der Waals surface area contributed by atoms with Crippen molar-refractivity contribution >= 4 is 29.6 Å². The molecule has 244 valence electrons. The molecule has 2 heterocycles. The number of hydrogen-bond donors (Lipinski definition) is 4. The highest BCUT2D eigenvalue weighted by atomic mass is 19.1. The van der Waals surface area contributed by atoms with Crippen LogP contribution in [0.3, 0.4) is 0 Å². The van der Waals surface area contributed by atoms with Crippen molar-refractivity contribution < 1.29 is 48.4 Å². The first kappa shape index (κ1) is 36.8. The minimum atomic E-state index is -1.26. The molecule has 0 saturated carbocycles. The van der Waals surface area contributed by atoms with Crippen LogP contribution in [0.1, 0.15) is 29.9 Å². The topological polar surface area (TPSA) is 169 Å². The zero-order valence-electron chi connectivity index (χ0n) is 24.8. The van der Waals surface area contributed by atoms with Crippen molar-refractivity contribution in [2.24, 2.45) is 0 Å². The minimum Gasteiger partial charge on any atom is -0.478 e. The van der Waals surface area contributed by atoms with Gasteiger partial charge in [-0.15, -0.1) is 0 Å². The fourth-order valence-electron chi connectivity index (χ4n) is 4.50. The fraction of sp³-hybridized carbons (Fsp3) is 0.242. The summed E-state index contributed by atoms with van der Waals surface area (Å²) in [6.07, 6.45) is 7.89. The maximum absolute atomic E-state index is 13.4. The molecule has 1 fully saturated rings. The van der Waals surface area contributed by atoms with Gasteiger partial charge in [-0.3, -0.25) is 9.88 Å². The Morgan fingerprint density at radius 2 is 1.04 bits per heavy atom. The molecule has 1 aliphatic heterocycles. The lowest BCUT2D eigenvalue weighted by Crippen LogP contribution is -2.46. The average Bonchev–Trinajstić information content (AvgIpc) is 3.04. The lowest BCUT2D eigenvalue weighted by Gasteiger charge is -2.36. The summed E-state index contributed by atoms with van der Waals surface area (Å²) in [6.45, 7) is 5.15. The van der Waals surface area contributed by atoms with Gasteiger partial charge in [-0.25, -0.2) is 28.0 Å². The van der Waals surface area contributed by atoms with Gasteiger partial charge in [0.25, 0.3) is 0 Å². The number of piperazine rings is 1. The number of hydrogen-bond acceptors (Lipinski definition) is 7. The number of halogens is 2. The second-order valence-corrected chi connectivity index (χ2v) is 9.85. The smallest absolute Gasteiger partial charge is 0.328 e. The minimum absolute atomic E-state index is 0.143. The summed E-state index contributed by atoms with van der Waals surface area (Å²) in [7, 11) is 0. The lowest BCUT2D eigenvalue weighted by atomic mass is 9.87. The van der Waals surface area contributed by atoms with Gasteiger partial charge >= 0.3 is 23.9 Å². The molecule has 46 heavy (non-hydrogen) atoms. The zero-order chi connectivity index (χ0) is 33.9. The van der Waals surface area contributed by atoms with Gasteiger partial charge < -0.3 is 25.3 Å². The predicted molar refractivity (Wildman–Crippen MR) is 166 cm³/mol. The summed E-state index contributed by atoms with van der Waals surface area (Å²) in [6, 6.07) is 17.5. The maximum Gasteiger partial charge on any atom is 0.328 e. The van der Waals surface area contributed by atoms with Crippen molar-refractivity contribution in [2.75, 3.05) is 37.6 Å². The summed E-state index contributed by atoms with van der Waals surface area (Å²) in [4.78, 5) is 47.2. The molecule has 0 spiro atoms. The van der Waals surface area contributed by atoms with Crippen molar-refractivity contribution in [1.82, 2.24) is 9.88 Å². The first-order valence-electron chi connectivity index (χ1n) is 14.1. The van der Waals surface area contributed by atoms with E-state index in [9.17, 15) is 28.0 Å². The van der Waals surface area contributed by atoms with E-state index in [1.165, 1.54) is 30.0 Å². The molecule has 13 heteroatoms. The van der Waals surface area contributed by atoms with Crippen LogP contribution in [0, 0.1) is 11.6 Å². The van der Waals surface area contributed by atoms with Crippen LogP contribution >= 0.6 is 0 Å². The Morgan fingerprint density at radius 3 is 1.41 bits per heavy atom. The molecule has 0 aliphatic carbocycles. The van der Waals surface area contributed by atoms with Crippen molar-refractivity contribution in [3.05, 3.63) is 120 Å². The highest BCUT2D eigenvalue weighted by Gasteiger charge is 2.19. The number of rotatable bonds is 11. The van der Waals surface area contributed by atoms with Crippen LogP contribution in [-0.4, -0.2) is 86.9 Å². The van der Waals surface area contributed by atoms with E-state index in [0.29, 0.717) is 24.3 Å². The monoisotopic (exact) mass is 639 g/mol. The lowest BCUT2D eigenvalue weighted by molar-refractivity contribution is -0.134. The Morgan fingerprint density at radius 1 is 0.652 bits per heavy atom. The van der Waals surface area contributed by atoms with Gasteiger partial charge in [0.1, 0.15) is 11.6 Å². The number of nitrogens with zero attached hydrogens (tertiary/aromatic N) is 3. The van der Waals surface area contributed by atoms with Crippen molar-refractivity contribution in [1.29, 1.82) is 0 Å². The van der Waals surface area contributed by atoms with E-state index >= 15 is 0 Å². The Hall–Kier alpha value is -5.43. The maximum atomic E-state index is 13.4. The third-order valence-electron chi connectivity index (χ3n) is 6.65. The summed E-state index contributed by atoms with van der Waals surface area (Å²) in [5.74, 6) is -5.35. The van der Waals surface area contributed by atoms with Gasteiger partial charge in [0.2, 0.25) is 0 Å². The number of carbonyl (C=O) groups is 4. The first-order valence-corrected chi connectivity index (χ1v) is 14.1. The highest BCUT2D eigenvalue weighted by molar-refractivity contribution is 5.90. The molecule has 0 atom stereocenters. The number of benzene rings is 2. The molecule has 1 saturated heterocycles. The third-order valence-corrected chi connectivity index (χ3v) is 6.65. The van der Waals surface area contributed by atoms with Gasteiger partial charge in [-0.2, -0.15) is 0 Å². The van der Waals surface area contributed by atoms with Crippen LogP contribution in [0.25, 0.3) is 0 Å². The van der Waals surface area contributed by atoms with Crippen LogP contribution < -0.4 is 4.90 Å². The van der Waals surface area contributed by atoms with Crippen LogP contribution in [-0.2, 0) is 19.2 Å². The number of aromatic nitrogens is 1. The number of pyridine rings is 1. The Balaban J connectivity index is 0.000000381. The van der Waals surface area contributed by atoms with Crippen molar-refractivity contribution in [3.8, 4) is 0 Å². The molecule has 3 aromatic rings. The van der Waals surface area contributed by atoms with E-state index in [1.807, 2.05) is 36.7 Å². The normalized spacial score (nSPS) is 13.1. The standard InChI is InChI=1S/C25H27F2N3.2C4H4O4/c26-22-7-3-20(4-8-22)25(21-5-9-23(27)10-6-21)2-1-15-29-16-18-30(19-17-29)24-11-13-28-14-12-24;2*5-3(6)1-2-4(7)8/h3-14,25H,1-2,15-19H2;2*1-2H,(H,5,6)(H,7,8)/b;2*2-1+. The Bertz CT molecular complexity index is 1350. The molecule has 2 aromatic carbocycles. The summed E-state index contributed by atoms with van der Waals surface area (Å²) in [5.41, 5.74) is 3.38. The zero-order valence-corrected chi connectivity index (χ0v) is 24.8. The summed E-state index contributed by atoms with van der Waals surface area (Å²) in [5, 5.41) is 31.2. The molecule has 0 amide bonds. The van der Waals surface area contributed by atoms with Crippen LogP contribution in [0.4, 0.5) is 14.5 Å². The summed E-state index contributed by atoms with van der Waals surface area (Å²) < 4.78 is 26.8. The van der Waals surface area contributed by atoms with E-state index in [1.54, 1.807) is 0 Å². The van der Waals surface area contributed by atoms with E-state index in [2.05, 4.69) is 26.9 Å². The predicted octanol–water partition coefficient (Wildman–Crippen LogP) is 4.52. The molecule has 0 radical (unpaired) electrons. The van der Waals surface area contributed by atoms with Gasteiger partial charge in [-0.05, 0) is 66.9 Å².